The first kappa shape index (κ1) is 18.5. The van der Waals surface area contributed by atoms with Crippen LogP contribution in [0.1, 0.15) is 15.9 Å². The Bertz CT molecular complexity index is 784. The number of hydrogen-bond acceptors (Lipinski definition) is 3. The molecule has 1 aliphatic heterocycles. The number of rotatable bonds is 4. The lowest BCUT2D eigenvalue weighted by molar-refractivity contribution is -0.134. The maximum absolute atomic E-state index is 12.5. The van der Waals surface area contributed by atoms with Gasteiger partial charge in [0, 0.05) is 36.2 Å². The fraction of sp³-hybridized carbons (Fsp3) is 0.300. The summed E-state index contributed by atoms with van der Waals surface area (Å²) in [5.74, 6) is 0.627. The maximum Gasteiger partial charge on any atom is 0.260 e. The molecule has 136 valence electrons. The van der Waals surface area contributed by atoms with Crippen LogP contribution >= 0.6 is 15.9 Å². The third-order valence-corrected chi connectivity index (χ3v) is 4.87. The third kappa shape index (κ3) is 4.64. The van der Waals surface area contributed by atoms with Gasteiger partial charge in [-0.15, -0.1) is 0 Å². The van der Waals surface area contributed by atoms with Gasteiger partial charge in [-0.25, -0.2) is 0 Å². The highest BCUT2D eigenvalue weighted by Crippen LogP contribution is 2.15. The third-order valence-electron chi connectivity index (χ3n) is 4.37. The number of carbonyl (C=O) groups excluding carboxylic acids is 2. The molecule has 1 saturated heterocycles. The van der Waals surface area contributed by atoms with E-state index in [1.54, 1.807) is 15.9 Å². The molecule has 1 heterocycles. The first-order valence-electron chi connectivity index (χ1n) is 8.55. The Morgan fingerprint density at radius 2 is 1.65 bits per heavy atom. The topological polar surface area (TPSA) is 49.9 Å². The number of nitrogens with zero attached hydrogens (tertiary/aromatic N) is 2. The number of aryl methyl sites for hydroxylation is 1. The van der Waals surface area contributed by atoms with Crippen LogP contribution < -0.4 is 4.74 Å². The van der Waals surface area contributed by atoms with Gasteiger partial charge in [-0.2, -0.15) is 0 Å². The Labute approximate surface area is 161 Å². The molecule has 1 aliphatic rings. The average Bonchev–Trinajstić information content (AvgIpc) is 2.67. The van der Waals surface area contributed by atoms with E-state index in [1.807, 2.05) is 49.4 Å². The lowest BCUT2D eigenvalue weighted by atomic mass is 10.2. The Kier molecular flexibility index (Phi) is 5.93. The van der Waals surface area contributed by atoms with Gasteiger partial charge < -0.3 is 14.5 Å². The molecule has 0 atom stereocenters. The molecule has 0 aliphatic carbocycles. The van der Waals surface area contributed by atoms with Crippen molar-refractivity contribution >= 4 is 27.7 Å². The van der Waals surface area contributed by atoms with Crippen LogP contribution in [0.2, 0.25) is 0 Å². The molecule has 1 fully saturated rings. The van der Waals surface area contributed by atoms with Crippen molar-refractivity contribution in [3.8, 4) is 5.75 Å². The van der Waals surface area contributed by atoms with Crippen molar-refractivity contribution in [3.63, 3.8) is 0 Å². The van der Waals surface area contributed by atoms with Crippen LogP contribution in [0.25, 0.3) is 0 Å². The summed E-state index contributed by atoms with van der Waals surface area (Å²) in [5, 5.41) is 0. The smallest absolute Gasteiger partial charge is 0.260 e. The van der Waals surface area contributed by atoms with Crippen LogP contribution in [0, 0.1) is 6.92 Å². The van der Waals surface area contributed by atoms with Crippen LogP contribution in [0.15, 0.2) is 53.0 Å². The lowest BCUT2D eigenvalue weighted by Crippen LogP contribution is -2.51. The minimum atomic E-state index is -0.0554. The molecule has 26 heavy (non-hydrogen) atoms. The van der Waals surface area contributed by atoms with Crippen molar-refractivity contribution in [3.05, 3.63) is 64.1 Å². The number of carbonyl (C=O) groups is 2. The summed E-state index contributed by atoms with van der Waals surface area (Å²) in [6, 6.07) is 15.0. The Balaban J connectivity index is 1.49. The fourth-order valence-corrected chi connectivity index (χ4v) is 3.23. The summed E-state index contributed by atoms with van der Waals surface area (Å²) >= 11 is 3.39. The number of benzene rings is 2. The second kappa shape index (κ2) is 8.36. The molecular formula is C20H21BrN2O3. The van der Waals surface area contributed by atoms with E-state index >= 15 is 0 Å². The summed E-state index contributed by atoms with van der Waals surface area (Å²) in [4.78, 5) is 28.4. The van der Waals surface area contributed by atoms with Crippen LogP contribution in [0.3, 0.4) is 0 Å². The van der Waals surface area contributed by atoms with Crippen LogP contribution in [0.5, 0.6) is 5.75 Å². The standard InChI is InChI=1S/C20H21BrN2O3/c1-15-5-7-18(8-6-15)26-14-19(24)22-9-11-23(12-10-22)20(25)16-3-2-4-17(21)13-16/h2-8,13H,9-12,14H2,1H3. The molecule has 0 bridgehead atoms. The Morgan fingerprint density at radius 3 is 2.31 bits per heavy atom. The van der Waals surface area contributed by atoms with Gasteiger partial charge in [-0.1, -0.05) is 39.7 Å². The zero-order valence-corrected chi connectivity index (χ0v) is 16.2. The van der Waals surface area contributed by atoms with Gasteiger partial charge in [0.1, 0.15) is 5.75 Å². The fourth-order valence-electron chi connectivity index (χ4n) is 2.83. The molecule has 0 N–H and O–H groups in total. The predicted octanol–water partition coefficient (Wildman–Crippen LogP) is 3.12. The second-order valence-electron chi connectivity index (χ2n) is 6.29. The molecular weight excluding hydrogens is 396 g/mol. The van der Waals surface area contributed by atoms with E-state index in [0.717, 1.165) is 10.0 Å². The van der Waals surface area contributed by atoms with Gasteiger partial charge >= 0.3 is 0 Å². The highest BCUT2D eigenvalue weighted by molar-refractivity contribution is 9.10. The number of amides is 2. The van der Waals surface area contributed by atoms with Crippen molar-refractivity contribution in [2.24, 2.45) is 0 Å². The summed E-state index contributed by atoms with van der Waals surface area (Å²) in [6.45, 7) is 4.13. The minimum Gasteiger partial charge on any atom is -0.484 e. The Hall–Kier alpha value is -2.34. The number of hydrogen-bond donors (Lipinski definition) is 0. The molecule has 3 rings (SSSR count). The molecule has 0 saturated carbocycles. The van der Waals surface area contributed by atoms with Crippen molar-refractivity contribution in [2.45, 2.75) is 6.92 Å². The average molecular weight is 417 g/mol. The minimum absolute atomic E-state index is 0.00527. The van der Waals surface area contributed by atoms with Crippen LogP contribution in [-0.4, -0.2) is 54.4 Å². The van der Waals surface area contributed by atoms with Gasteiger partial charge in [-0.3, -0.25) is 9.59 Å². The van der Waals surface area contributed by atoms with Gasteiger partial charge in [-0.05, 0) is 37.3 Å². The highest BCUT2D eigenvalue weighted by Gasteiger charge is 2.25. The monoisotopic (exact) mass is 416 g/mol. The predicted molar refractivity (Wildman–Crippen MR) is 103 cm³/mol. The summed E-state index contributed by atoms with van der Waals surface area (Å²) in [5.41, 5.74) is 1.80. The molecule has 5 nitrogen and oxygen atoms in total. The number of halogens is 1. The normalized spacial score (nSPS) is 14.2. The van der Waals surface area contributed by atoms with Crippen molar-refractivity contribution in [1.29, 1.82) is 0 Å². The SMILES string of the molecule is Cc1ccc(OCC(=O)N2CCN(C(=O)c3cccc(Br)c3)CC2)cc1. The number of piperazine rings is 1. The molecule has 0 radical (unpaired) electrons. The van der Waals surface area contributed by atoms with E-state index in [0.29, 0.717) is 37.5 Å². The van der Waals surface area contributed by atoms with Gasteiger partial charge in [0.05, 0.1) is 0 Å². The Morgan fingerprint density at radius 1 is 1.00 bits per heavy atom. The zero-order valence-electron chi connectivity index (χ0n) is 14.7. The molecule has 0 unspecified atom stereocenters. The molecule has 6 heteroatoms. The maximum atomic E-state index is 12.5. The first-order valence-corrected chi connectivity index (χ1v) is 9.34. The van der Waals surface area contributed by atoms with E-state index in [4.69, 9.17) is 4.74 Å². The van der Waals surface area contributed by atoms with Crippen LogP contribution in [-0.2, 0) is 4.79 Å². The van der Waals surface area contributed by atoms with E-state index in [9.17, 15) is 9.59 Å². The van der Waals surface area contributed by atoms with E-state index in [-0.39, 0.29) is 18.4 Å². The molecule has 2 aromatic carbocycles. The zero-order chi connectivity index (χ0) is 18.5. The van der Waals surface area contributed by atoms with E-state index in [1.165, 1.54) is 0 Å². The van der Waals surface area contributed by atoms with Crippen molar-refractivity contribution < 1.29 is 14.3 Å². The van der Waals surface area contributed by atoms with Gasteiger partial charge in [0.25, 0.3) is 11.8 Å². The summed E-state index contributed by atoms with van der Waals surface area (Å²) in [7, 11) is 0. The molecule has 2 aromatic rings. The highest BCUT2D eigenvalue weighted by atomic mass is 79.9. The van der Waals surface area contributed by atoms with E-state index in [2.05, 4.69) is 15.9 Å². The lowest BCUT2D eigenvalue weighted by Gasteiger charge is -2.34. The molecule has 2 amide bonds. The largest absolute Gasteiger partial charge is 0.484 e. The van der Waals surface area contributed by atoms with Gasteiger partial charge in [0.2, 0.25) is 0 Å². The first-order chi connectivity index (χ1) is 12.5. The summed E-state index contributed by atoms with van der Waals surface area (Å²) < 4.78 is 6.44. The van der Waals surface area contributed by atoms with Crippen LogP contribution in [0.4, 0.5) is 0 Å². The molecule has 0 aromatic heterocycles. The van der Waals surface area contributed by atoms with Crippen molar-refractivity contribution in [1.82, 2.24) is 9.80 Å². The quantitative estimate of drug-likeness (QED) is 0.768. The molecule has 0 spiro atoms. The van der Waals surface area contributed by atoms with Gasteiger partial charge in [0.15, 0.2) is 6.61 Å². The van der Waals surface area contributed by atoms with Crippen molar-refractivity contribution in [2.75, 3.05) is 32.8 Å². The van der Waals surface area contributed by atoms with E-state index < -0.39 is 0 Å². The second-order valence-corrected chi connectivity index (χ2v) is 7.20. The number of ether oxygens (including phenoxy) is 1. The summed E-state index contributed by atoms with van der Waals surface area (Å²) in [6.07, 6.45) is 0.